The third-order valence-electron chi connectivity index (χ3n) is 3.51. The summed E-state index contributed by atoms with van der Waals surface area (Å²) < 4.78 is 4.91. The Hall–Kier alpha value is -2.51. The molecule has 2 aromatic rings. The molecule has 20 heavy (non-hydrogen) atoms. The second kappa shape index (κ2) is 4.87. The molecule has 1 amide bonds. The number of hydrogen-bond acceptors (Lipinski definition) is 6. The standard InChI is InChI=1S/C12H14N6O2/c1-20-9-4-3-8(16-17-9)10(19)15-12(5-2-6-12)11-13-7-14-18-11/h3-4,7H,2,5-6H2,1H3,(H,15,19)(H,13,14,18). The summed E-state index contributed by atoms with van der Waals surface area (Å²) in [7, 11) is 1.50. The molecule has 2 aromatic heterocycles. The smallest absolute Gasteiger partial charge is 0.272 e. The summed E-state index contributed by atoms with van der Waals surface area (Å²) >= 11 is 0. The number of carbonyl (C=O) groups is 1. The van der Waals surface area contributed by atoms with Crippen LogP contribution in [0.5, 0.6) is 5.88 Å². The van der Waals surface area contributed by atoms with Gasteiger partial charge >= 0.3 is 0 Å². The number of hydrogen-bond donors (Lipinski definition) is 2. The van der Waals surface area contributed by atoms with Crippen LogP contribution in [0.2, 0.25) is 0 Å². The molecule has 8 heteroatoms. The van der Waals surface area contributed by atoms with Gasteiger partial charge in [0.25, 0.3) is 5.91 Å². The summed E-state index contributed by atoms with van der Waals surface area (Å²) in [4.78, 5) is 16.4. The van der Waals surface area contributed by atoms with E-state index in [2.05, 4.69) is 30.7 Å². The first-order valence-corrected chi connectivity index (χ1v) is 6.30. The molecule has 2 heterocycles. The zero-order valence-corrected chi connectivity index (χ0v) is 11.0. The number of methoxy groups -OCH3 is 1. The number of amides is 1. The van der Waals surface area contributed by atoms with Gasteiger partial charge in [-0.15, -0.1) is 10.2 Å². The molecule has 104 valence electrons. The predicted molar refractivity (Wildman–Crippen MR) is 68.0 cm³/mol. The van der Waals surface area contributed by atoms with E-state index in [1.54, 1.807) is 12.1 Å². The molecule has 0 atom stereocenters. The number of nitrogens with zero attached hydrogens (tertiary/aromatic N) is 4. The zero-order chi connectivity index (χ0) is 14.0. The van der Waals surface area contributed by atoms with Gasteiger partial charge in [0.2, 0.25) is 5.88 Å². The minimum Gasteiger partial charge on any atom is -0.480 e. The molecular formula is C12H14N6O2. The van der Waals surface area contributed by atoms with Crippen LogP contribution in [0.4, 0.5) is 0 Å². The molecule has 2 N–H and O–H groups in total. The lowest BCUT2D eigenvalue weighted by Gasteiger charge is -2.40. The van der Waals surface area contributed by atoms with Crippen LogP contribution in [0.3, 0.4) is 0 Å². The summed E-state index contributed by atoms with van der Waals surface area (Å²) in [5.74, 6) is 0.768. The van der Waals surface area contributed by atoms with Gasteiger partial charge < -0.3 is 10.1 Å². The van der Waals surface area contributed by atoms with Crippen LogP contribution in [0.15, 0.2) is 18.5 Å². The molecule has 1 saturated carbocycles. The van der Waals surface area contributed by atoms with Crippen molar-refractivity contribution in [1.29, 1.82) is 0 Å². The molecule has 0 aromatic carbocycles. The van der Waals surface area contributed by atoms with Crippen LogP contribution in [0, 0.1) is 0 Å². The van der Waals surface area contributed by atoms with Crippen molar-refractivity contribution in [3.8, 4) is 5.88 Å². The molecular weight excluding hydrogens is 260 g/mol. The largest absolute Gasteiger partial charge is 0.480 e. The lowest BCUT2D eigenvalue weighted by Crippen LogP contribution is -2.51. The molecule has 1 fully saturated rings. The maximum atomic E-state index is 12.2. The normalized spacial score (nSPS) is 16.2. The lowest BCUT2D eigenvalue weighted by atomic mass is 9.76. The number of rotatable bonds is 4. The van der Waals surface area contributed by atoms with Gasteiger partial charge in [0, 0.05) is 6.07 Å². The highest BCUT2D eigenvalue weighted by Crippen LogP contribution is 2.39. The Labute approximate surface area is 115 Å². The second-order valence-electron chi connectivity index (χ2n) is 4.68. The van der Waals surface area contributed by atoms with E-state index in [1.165, 1.54) is 13.4 Å². The monoisotopic (exact) mass is 274 g/mol. The third kappa shape index (κ3) is 2.09. The van der Waals surface area contributed by atoms with Crippen molar-refractivity contribution in [3.05, 3.63) is 30.0 Å². The highest BCUT2D eigenvalue weighted by molar-refractivity contribution is 5.92. The van der Waals surface area contributed by atoms with Gasteiger partial charge in [-0.1, -0.05) is 0 Å². The fourth-order valence-electron chi connectivity index (χ4n) is 2.22. The molecule has 1 aliphatic rings. The van der Waals surface area contributed by atoms with E-state index in [1.807, 2.05) is 0 Å². The number of carbonyl (C=O) groups excluding carboxylic acids is 1. The van der Waals surface area contributed by atoms with E-state index in [4.69, 9.17) is 4.74 Å². The summed E-state index contributed by atoms with van der Waals surface area (Å²) in [6.45, 7) is 0. The Bertz CT molecular complexity index is 591. The van der Waals surface area contributed by atoms with Gasteiger partial charge in [-0.3, -0.25) is 9.89 Å². The Morgan fingerprint density at radius 2 is 2.25 bits per heavy atom. The van der Waals surface area contributed by atoms with Crippen LogP contribution in [-0.2, 0) is 5.54 Å². The van der Waals surface area contributed by atoms with Crippen molar-refractivity contribution < 1.29 is 9.53 Å². The van der Waals surface area contributed by atoms with Gasteiger partial charge in [-0.2, -0.15) is 5.10 Å². The first-order valence-electron chi connectivity index (χ1n) is 6.30. The van der Waals surface area contributed by atoms with Gasteiger partial charge in [-0.05, 0) is 25.3 Å². The first-order chi connectivity index (χ1) is 9.73. The van der Waals surface area contributed by atoms with Crippen molar-refractivity contribution in [2.24, 2.45) is 0 Å². The van der Waals surface area contributed by atoms with Crippen molar-refractivity contribution >= 4 is 5.91 Å². The fraction of sp³-hybridized carbons (Fsp3) is 0.417. The minimum atomic E-state index is -0.463. The maximum absolute atomic E-state index is 12.2. The van der Waals surface area contributed by atoms with Crippen molar-refractivity contribution in [3.63, 3.8) is 0 Å². The van der Waals surface area contributed by atoms with Crippen molar-refractivity contribution in [2.45, 2.75) is 24.8 Å². The molecule has 0 aliphatic heterocycles. The van der Waals surface area contributed by atoms with E-state index in [0.29, 0.717) is 11.7 Å². The van der Waals surface area contributed by atoms with Crippen LogP contribution in [0.25, 0.3) is 0 Å². The van der Waals surface area contributed by atoms with Gasteiger partial charge in [0.1, 0.15) is 12.2 Å². The van der Waals surface area contributed by atoms with Gasteiger partial charge in [0.05, 0.1) is 12.6 Å². The highest BCUT2D eigenvalue weighted by atomic mass is 16.5. The van der Waals surface area contributed by atoms with E-state index in [9.17, 15) is 4.79 Å². The quantitative estimate of drug-likeness (QED) is 0.836. The Morgan fingerprint density at radius 1 is 1.40 bits per heavy atom. The third-order valence-corrected chi connectivity index (χ3v) is 3.51. The van der Waals surface area contributed by atoms with E-state index in [-0.39, 0.29) is 11.6 Å². The Morgan fingerprint density at radius 3 is 2.75 bits per heavy atom. The van der Waals surface area contributed by atoms with Crippen molar-refractivity contribution in [1.82, 2.24) is 30.7 Å². The molecule has 0 saturated heterocycles. The van der Waals surface area contributed by atoms with Crippen LogP contribution < -0.4 is 10.1 Å². The summed E-state index contributed by atoms with van der Waals surface area (Å²) in [5, 5.41) is 17.3. The molecule has 0 unspecified atom stereocenters. The van der Waals surface area contributed by atoms with Gasteiger partial charge in [-0.25, -0.2) is 4.98 Å². The first kappa shape index (κ1) is 12.5. The SMILES string of the molecule is COc1ccc(C(=O)NC2(c3ncn[nH]3)CCC2)nn1. The molecule has 0 radical (unpaired) electrons. The van der Waals surface area contributed by atoms with Gasteiger partial charge in [0.15, 0.2) is 5.69 Å². The number of ether oxygens (including phenoxy) is 1. The Kier molecular flexibility index (Phi) is 3.05. The van der Waals surface area contributed by atoms with Crippen molar-refractivity contribution in [2.75, 3.05) is 7.11 Å². The summed E-state index contributed by atoms with van der Waals surface area (Å²) in [5.41, 5.74) is -0.216. The minimum absolute atomic E-state index is 0.247. The number of aromatic nitrogens is 5. The van der Waals surface area contributed by atoms with Crippen LogP contribution in [-0.4, -0.2) is 38.4 Å². The maximum Gasteiger partial charge on any atom is 0.272 e. The topological polar surface area (TPSA) is 106 Å². The lowest BCUT2D eigenvalue weighted by molar-refractivity contribution is 0.0803. The van der Waals surface area contributed by atoms with E-state index >= 15 is 0 Å². The average molecular weight is 274 g/mol. The molecule has 1 aliphatic carbocycles. The fourth-order valence-corrected chi connectivity index (χ4v) is 2.22. The Balaban J connectivity index is 1.77. The number of aromatic amines is 1. The summed E-state index contributed by atoms with van der Waals surface area (Å²) in [6, 6.07) is 3.18. The number of nitrogens with one attached hydrogen (secondary N) is 2. The molecule has 8 nitrogen and oxygen atoms in total. The molecule has 0 spiro atoms. The van der Waals surface area contributed by atoms with Crippen LogP contribution >= 0.6 is 0 Å². The van der Waals surface area contributed by atoms with E-state index < -0.39 is 5.54 Å². The second-order valence-corrected chi connectivity index (χ2v) is 4.68. The highest BCUT2D eigenvalue weighted by Gasteiger charge is 2.43. The van der Waals surface area contributed by atoms with Crippen LogP contribution in [0.1, 0.15) is 35.6 Å². The average Bonchev–Trinajstić information content (AvgIpc) is 2.97. The molecule has 3 rings (SSSR count). The predicted octanol–water partition coefficient (Wildman–Crippen LogP) is 0.412. The summed E-state index contributed by atoms with van der Waals surface area (Å²) in [6.07, 6.45) is 4.14. The molecule has 0 bridgehead atoms. The number of H-pyrrole nitrogens is 1. The van der Waals surface area contributed by atoms with E-state index in [0.717, 1.165) is 19.3 Å². The zero-order valence-electron chi connectivity index (χ0n) is 11.0.